The van der Waals surface area contributed by atoms with E-state index in [9.17, 15) is 9.90 Å². The Morgan fingerprint density at radius 2 is 1.71 bits per heavy atom. The Hall–Kier alpha value is -3.65. The number of nitrogens with one attached hydrogen (secondary N) is 1. The lowest BCUT2D eigenvalue weighted by Gasteiger charge is -2.20. The number of ether oxygens (including phenoxy) is 2. The molecule has 8 heteroatoms. The van der Waals surface area contributed by atoms with E-state index in [-0.39, 0.29) is 5.56 Å². The fourth-order valence-electron chi connectivity index (χ4n) is 3.62. The maximum Gasteiger partial charge on any atom is 0.339 e. The third-order valence-corrected chi connectivity index (χ3v) is 5.66. The van der Waals surface area contributed by atoms with Gasteiger partial charge in [-0.1, -0.05) is 32.9 Å². The molecule has 0 aliphatic carbocycles. The minimum atomic E-state index is -1.04. The number of carbonyl (C=O) groups is 1. The molecule has 0 bridgehead atoms. The summed E-state index contributed by atoms with van der Waals surface area (Å²) in [5.41, 5.74) is 3.38. The van der Waals surface area contributed by atoms with E-state index in [1.165, 1.54) is 0 Å². The Morgan fingerprint density at radius 1 is 1.03 bits per heavy atom. The number of anilines is 2. The number of benzene rings is 2. The van der Waals surface area contributed by atoms with Crippen LogP contribution >= 0.6 is 0 Å². The number of aromatic nitrogens is 2. The molecule has 3 rings (SSSR count). The van der Waals surface area contributed by atoms with Gasteiger partial charge in [-0.25, -0.2) is 14.8 Å². The minimum Gasteiger partial charge on any atom is -0.497 e. The highest BCUT2D eigenvalue weighted by molar-refractivity contribution is 5.93. The van der Waals surface area contributed by atoms with E-state index in [1.54, 1.807) is 25.6 Å². The lowest BCUT2D eigenvalue weighted by atomic mass is 10.0. The minimum absolute atomic E-state index is 0.122. The summed E-state index contributed by atoms with van der Waals surface area (Å²) < 4.78 is 11.1. The van der Waals surface area contributed by atoms with Crippen LogP contribution in [0.1, 0.15) is 36.7 Å². The number of aryl methyl sites for hydroxylation is 1. The third kappa shape index (κ3) is 6.23. The second-order valence-electron chi connectivity index (χ2n) is 7.69. The van der Waals surface area contributed by atoms with Crippen molar-refractivity contribution >= 4 is 17.6 Å². The first-order valence-electron chi connectivity index (χ1n) is 11.5. The van der Waals surface area contributed by atoms with Crippen LogP contribution in [0.15, 0.2) is 48.8 Å². The topological polar surface area (TPSA) is 96.8 Å². The second kappa shape index (κ2) is 12.0. The van der Waals surface area contributed by atoms with Crippen LogP contribution in [-0.4, -0.2) is 59.3 Å². The normalized spacial score (nSPS) is 10.9. The molecule has 0 unspecified atom stereocenters. The predicted molar refractivity (Wildman–Crippen MR) is 133 cm³/mol. The van der Waals surface area contributed by atoms with Gasteiger partial charge in [0.05, 0.1) is 7.11 Å². The molecule has 2 N–H and O–H groups in total. The highest BCUT2D eigenvalue weighted by atomic mass is 16.5. The Balaban J connectivity index is 1.78. The molecule has 1 aromatic heterocycles. The van der Waals surface area contributed by atoms with E-state index >= 15 is 0 Å². The lowest BCUT2D eigenvalue weighted by molar-refractivity contribution is 0.0691. The number of carboxylic acid groups (broad SMARTS) is 1. The van der Waals surface area contributed by atoms with Crippen LogP contribution in [0, 0.1) is 0 Å². The molecule has 0 saturated heterocycles. The van der Waals surface area contributed by atoms with Crippen molar-refractivity contribution < 1.29 is 19.4 Å². The second-order valence-corrected chi connectivity index (χ2v) is 7.69. The standard InChI is InChI=1S/C26H32N4O4/c1-5-18-14-21(15-23(25(31)32)24(18)34-13-12-30(6-2)7-3)29-26-27-16-20(17-28-26)19-8-10-22(33-4)11-9-19/h8-11,14-17H,5-7,12-13H2,1-4H3,(H,31,32)(H,27,28,29). The highest BCUT2D eigenvalue weighted by Crippen LogP contribution is 2.30. The quantitative estimate of drug-likeness (QED) is 0.392. The summed E-state index contributed by atoms with van der Waals surface area (Å²) in [5, 5.41) is 12.9. The molecule has 180 valence electrons. The molecule has 0 saturated carbocycles. The number of methoxy groups -OCH3 is 1. The number of likely N-dealkylation sites (N-methyl/N-ethyl adjacent to an activating group) is 1. The van der Waals surface area contributed by atoms with E-state index < -0.39 is 5.97 Å². The first-order chi connectivity index (χ1) is 16.5. The van der Waals surface area contributed by atoms with Crippen molar-refractivity contribution in [1.29, 1.82) is 0 Å². The monoisotopic (exact) mass is 464 g/mol. The summed E-state index contributed by atoms with van der Waals surface area (Å²) in [6, 6.07) is 11.1. The molecule has 2 aromatic carbocycles. The smallest absolute Gasteiger partial charge is 0.339 e. The summed E-state index contributed by atoms with van der Waals surface area (Å²) in [7, 11) is 1.63. The Labute approximate surface area is 200 Å². The number of hydrogen-bond acceptors (Lipinski definition) is 7. The van der Waals surface area contributed by atoms with E-state index in [4.69, 9.17) is 9.47 Å². The van der Waals surface area contributed by atoms with Crippen molar-refractivity contribution in [3.63, 3.8) is 0 Å². The first kappa shape index (κ1) is 25.0. The summed E-state index contributed by atoms with van der Waals surface area (Å²) >= 11 is 0. The Bertz CT molecular complexity index is 1080. The van der Waals surface area contributed by atoms with Crippen molar-refractivity contribution in [2.75, 3.05) is 38.7 Å². The fourth-order valence-corrected chi connectivity index (χ4v) is 3.62. The maximum absolute atomic E-state index is 12.0. The Kier molecular flexibility index (Phi) is 8.81. The van der Waals surface area contributed by atoms with Gasteiger partial charge in [0.15, 0.2) is 0 Å². The molecule has 0 atom stereocenters. The molecule has 8 nitrogen and oxygen atoms in total. The molecule has 1 heterocycles. The number of nitrogens with zero attached hydrogens (tertiary/aromatic N) is 3. The fraction of sp³-hybridized carbons (Fsp3) is 0.346. The van der Waals surface area contributed by atoms with Crippen LogP contribution in [0.25, 0.3) is 11.1 Å². The van der Waals surface area contributed by atoms with Gasteiger partial charge in [-0.05, 0) is 54.9 Å². The number of aromatic carboxylic acids is 1. The molecule has 3 aromatic rings. The third-order valence-electron chi connectivity index (χ3n) is 5.66. The maximum atomic E-state index is 12.0. The van der Waals surface area contributed by atoms with Crippen LogP contribution < -0.4 is 14.8 Å². The average Bonchev–Trinajstić information content (AvgIpc) is 2.87. The lowest BCUT2D eigenvalue weighted by Crippen LogP contribution is -2.28. The molecule has 0 fully saturated rings. The molecule has 0 aliphatic rings. The molecular formula is C26H32N4O4. The van der Waals surface area contributed by atoms with Gasteiger partial charge in [-0.2, -0.15) is 0 Å². The molecule has 0 aliphatic heterocycles. The zero-order valence-electron chi connectivity index (χ0n) is 20.2. The van der Waals surface area contributed by atoms with Crippen LogP contribution in [0.4, 0.5) is 11.6 Å². The van der Waals surface area contributed by atoms with Gasteiger partial charge >= 0.3 is 5.97 Å². The van der Waals surface area contributed by atoms with Crippen LogP contribution in [0.2, 0.25) is 0 Å². The SMILES string of the molecule is CCc1cc(Nc2ncc(-c3ccc(OC)cc3)cn2)cc(C(=O)O)c1OCCN(CC)CC. The number of rotatable bonds is 12. The predicted octanol–water partition coefficient (Wildman–Crippen LogP) is 4.88. The Morgan fingerprint density at radius 3 is 2.26 bits per heavy atom. The molecule has 34 heavy (non-hydrogen) atoms. The molecular weight excluding hydrogens is 432 g/mol. The van der Waals surface area contributed by atoms with Crippen LogP contribution in [0.3, 0.4) is 0 Å². The first-order valence-corrected chi connectivity index (χ1v) is 11.5. The van der Waals surface area contributed by atoms with Crippen molar-refractivity contribution in [1.82, 2.24) is 14.9 Å². The van der Waals surface area contributed by atoms with Gasteiger partial charge in [-0.15, -0.1) is 0 Å². The summed E-state index contributed by atoms with van der Waals surface area (Å²) in [6.07, 6.45) is 4.08. The van der Waals surface area contributed by atoms with Crippen molar-refractivity contribution in [2.24, 2.45) is 0 Å². The highest BCUT2D eigenvalue weighted by Gasteiger charge is 2.18. The van der Waals surface area contributed by atoms with E-state index in [0.29, 0.717) is 30.4 Å². The van der Waals surface area contributed by atoms with Gasteiger partial charge in [0.25, 0.3) is 0 Å². The summed E-state index contributed by atoms with van der Waals surface area (Å²) in [4.78, 5) is 23.0. The van der Waals surface area contributed by atoms with Crippen molar-refractivity contribution in [3.05, 3.63) is 59.9 Å². The van der Waals surface area contributed by atoms with Crippen LogP contribution in [0.5, 0.6) is 11.5 Å². The summed E-state index contributed by atoms with van der Waals surface area (Å²) in [5.74, 6) is 0.547. The largest absolute Gasteiger partial charge is 0.497 e. The van der Waals surface area contributed by atoms with Crippen molar-refractivity contribution in [2.45, 2.75) is 27.2 Å². The van der Waals surface area contributed by atoms with Crippen LogP contribution in [-0.2, 0) is 6.42 Å². The zero-order valence-corrected chi connectivity index (χ0v) is 20.2. The molecule has 0 amide bonds. The molecule has 0 radical (unpaired) electrons. The van der Waals surface area contributed by atoms with Gasteiger partial charge < -0.3 is 24.8 Å². The van der Waals surface area contributed by atoms with E-state index in [0.717, 1.165) is 42.1 Å². The van der Waals surface area contributed by atoms with Crippen molar-refractivity contribution in [3.8, 4) is 22.6 Å². The summed E-state index contributed by atoms with van der Waals surface area (Å²) in [6.45, 7) is 9.17. The van der Waals surface area contributed by atoms with Gasteiger partial charge in [0, 0.05) is 30.2 Å². The number of carboxylic acids is 1. The molecule has 0 spiro atoms. The number of hydrogen-bond donors (Lipinski definition) is 2. The van der Waals surface area contributed by atoms with E-state index in [1.807, 2.05) is 37.3 Å². The zero-order chi connectivity index (χ0) is 24.5. The van der Waals surface area contributed by atoms with E-state index in [2.05, 4.69) is 34.0 Å². The van der Waals surface area contributed by atoms with Gasteiger partial charge in [0.2, 0.25) is 5.95 Å². The van der Waals surface area contributed by atoms with Gasteiger partial charge in [0.1, 0.15) is 23.7 Å². The average molecular weight is 465 g/mol. The van der Waals surface area contributed by atoms with Gasteiger partial charge in [-0.3, -0.25) is 0 Å².